The van der Waals surface area contributed by atoms with Crippen molar-refractivity contribution < 1.29 is 4.92 Å². The smallest absolute Gasteiger partial charge is 0.246 e. The van der Waals surface area contributed by atoms with Crippen molar-refractivity contribution in [2.75, 3.05) is 0 Å². The van der Waals surface area contributed by atoms with Crippen LogP contribution in [0.5, 0.6) is 0 Å². The molecule has 0 amide bonds. The molecule has 0 N–H and O–H groups in total. The normalized spacial score (nSPS) is 24.2. The van der Waals surface area contributed by atoms with Crippen LogP contribution < -0.4 is 0 Å². The van der Waals surface area contributed by atoms with Crippen molar-refractivity contribution in [1.29, 1.82) is 0 Å². The average Bonchev–Trinajstić information content (AvgIpc) is 2.41. The van der Waals surface area contributed by atoms with E-state index < -0.39 is 0 Å². The third-order valence-electron chi connectivity index (χ3n) is 3.95. The van der Waals surface area contributed by atoms with Crippen LogP contribution in [0.4, 0.5) is 0 Å². The van der Waals surface area contributed by atoms with Gasteiger partial charge in [0.15, 0.2) is 0 Å². The van der Waals surface area contributed by atoms with Crippen LogP contribution in [-0.2, 0) is 6.42 Å². The molecule has 3 nitrogen and oxygen atoms in total. The van der Waals surface area contributed by atoms with E-state index in [1.807, 2.05) is 36.4 Å². The highest BCUT2D eigenvalue weighted by Gasteiger charge is 2.20. The summed E-state index contributed by atoms with van der Waals surface area (Å²) in [6.07, 6.45) is 6.90. The van der Waals surface area contributed by atoms with Crippen LogP contribution in [0.1, 0.15) is 38.2 Å². The molecular weight excluding hydrogens is 238 g/mol. The number of hydrogen-bond acceptors (Lipinski definition) is 2. The Bertz CT molecular complexity index is 445. The zero-order valence-electron chi connectivity index (χ0n) is 11.4. The number of hydrogen-bond donors (Lipinski definition) is 0. The van der Waals surface area contributed by atoms with Gasteiger partial charge in [0.05, 0.1) is 11.3 Å². The highest BCUT2D eigenvalue weighted by Crippen LogP contribution is 2.30. The minimum Gasteiger partial charge on any atom is -0.259 e. The summed E-state index contributed by atoms with van der Waals surface area (Å²) in [7, 11) is 0. The monoisotopic (exact) mass is 259 g/mol. The SMILES string of the molecule is CC1CCC(/C=C(/Cc2ccccc2)[N+](=O)[O-])CC1. The number of allylic oxidation sites excluding steroid dienone is 2. The van der Waals surface area contributed by atoms with Crippen LogP contribution in [-0.4, -0.2) is 4.92 Å². The molecule has 1 aromatic carbocycles. The largest absolute Gasteiger partial charge is 0.259 e. The topological polar surface area (TPSA) is 43.1 Å². The molecular formula is C16H21NO2. The molecule has 1 saturated carbocycles. The van der Waals surface area contributed by atoms with E-state index in [0.717, 1.165) is 24.3 Å². The molecule has 1 fully saturated rings. The van der Waals surface area contributed by atoms with Crippen LogP contribution in [0.2, 0.25) is 0 Å². The van der Waals surface area contributed by atoms with Crippen LogP contribution in [0.3, 0.4) is 0 Å². The molecule has 0 saturated heterocycles. The Morgan fingerprint density at radius 2 is 1.89 bits per heavy atom. The van der Waals surface area contributed by atoms with Gasteiger partial charge in [-0.3, -0.25) is 10.1 Å². The number of rotatable bonds is 4. The Morgan fingerprint density at radius 3 is 2.47 bits per heavy atom. The Balaban J connectivity index is 2.05. The first-order chi connectivity index (χ1) is 9.15. The summed E-state index contributed by atoms with van der Waals surface area (Å²) in [6, 6.07) is 9.67. The fourth-order valence-electron chi connectivity index (χ4n) is 2.71. The van der Waals surface area contributed by atoms with Gasteiger partial charge < -0.3 is 0 Å². The molecule has 0 spiro atoms. The summed E-state index contributed by atoms with van der Waals surface area (Å²) in [4.78, 5) is 11.0. The van der Waals surface area contributed by atoms with Crippen molar-refractivity contribution in [2.45, 2.75) is 39.0 Å². The molecule has 2 rings (SSSR count). The molecule has 0 bridgehead atoms. The first kappa shape index (κ1) is 13.8. The lowest BCUT2D eigenvalue weighted by molar-refractivity contribution is -0.427. The van der Waals surface area contributed by atoms with Gasteiger partial charge in [0.25, 0.3) is 0 Å². The molecule has 0 atom stereocenters. The minimum atomic E-state index is -0.217. The molecule has 0 radical (unpaired) electrons. The number of nitrogens with zero attached hydrogens (tertiary/aromatic N) is 1. The van der Waals surface area contributed by atoms with E-state index in [1.54, 1.807) is 0 Å². The molecule has 3 heteroatoms. The van der Waals surface area contributed by atoms with Crippen molar-refractivity contribution in [2.24, 2.45) is 11.8 Å². The maximum absolute atomic E-state index is 11.2. The molecule has 0 unspecified atom stereocenters. The highest BCUT2D eigenvalue weighted by atomic mass is 16.6. The second-order valence-corrected chi connectivity index (χ2v) is 5.60. The minimum absolute atomic E-state index is 0.217. The Morgan fingerprint density at radius 1 is 1.26 bits per heavy atom. The molecule has 102 valence electrons. The van der Waals surface area contributed by atoms with Gasteiger partial charge in [-0.15, -0.1) is 0 Å². The Hall–Kier alpha value is -1.64. The first-order valence-corrected chi connectivity index (χ1v) is 7.04. The Labute approximate surface area is 114 Å². The molecule has 0 aliphatic heterocycles. The zero-order chi connectivity index (χ0) is 13.7. The molecule has 1 aliphatic carbocycles. The van der Waals surface area contributed by atoms with Gasteiger partial charge in [0, 0.05) is 0 Å². The standard InChI is InChI=1S/C16H21NO2/c1-13-7-9-15(10-8-13)12-16(17(18)19)11-14-5-3-2-4-6-14/h2-6,12-13,15H,7-11H2,1H3/b16-12-. The van der Waals surface area contributed by atoms with Crippen molar-refractivity contribution in [1.82, 2.24) is 0 Å². The van der Waals surface area contributed by atoms with Gasteiger partial charge in [0.1, 0.15) is 0 Å². The van der Waals surface area contributed by atoms with E-state index in [2.05, 4.69) is 6.92 Å². The van der Waals surface area contributed by atoms with E-state index >= 15 is 0 Å². The number of benzene rings is 1. The van der Waals surface area contributed by atoms with E-state index in [9.17, 15) is 10.1 Å². The van der Waals surface area contributed by atoms with Crippen LogP contribution in [0.15, 0.2) is 42.1 Å². The van der Waals surface area contributed by atoms with Crippen molar-refractivity contribution >= 4 is 0 Å². The lowest BCUT2D eigenvalue weighted by Crippen LogP contribution is -2.13. The van der Waals surface area contributed by atoms with Gasteiger partial charge in [-0.1, -0.05) is 50.1 Å². The average molecular weight is 259 g/mol. The van der Waals surface area contributed by atoms with Crippen molar-refractivity contribution in [3.8, 4) is 0 Å². The van der Waals surface area contributed by atoms with Crippen LogP contribution in [0, 0.1) is 22.0 Å². The fraction of sp³-hybridized carbons (Fsp3) is 0.500. The zero-order valence-corrected chi connectivity index (χ0v) is 11.4. The molecule has 1 aliphatic rings. The summed E-state index contributed by atoms with van der Waals surface area (Å²) in [5.74, 6) is 1.16. The lowest BCUT2D eigenvalue weighted by Gasteiger charge is -2.23. The molecule has 19 heavy (non-hydrogen) atoms. The maximum Gasteiger partial charge on any atom is 0.246 e. The van der Waals surface area contributed by atoms with Crippen LogP contribution in [0.25, 0.3) is 0 Å². The maximum atomic E-state index is 11.2. The van der Waals surface area contributed by atoms with E-state index in [-0.39, 0.29) is 4.92 Å². The highest BCUT2D eigenvalue weighted by molar-refractivity contribution is 5.19. The fourth-order valence-corrected chi connectivity index (χ4v) is 2.71. The van der Waals surface area contributed by atoms with Crippen LogP contribution >= 0.6 is 0 Å². The summed E-state index contributed by atoms with van der Waals surface area (Å²) >= 11 is 0. The van der Waals surface area contributed by atoms with Gasteiger partial charge in [-0.05, 0) is 36.3 Å². The summed E-state index contributed by atoms with van der Waals surface area (Å²) < 4.78 is 0. The quantitative estimate of drug-likeness (QED) is 0.600. The molecule has 1 aromatic rings. The summed E-state index contributed by atoms with van der Waals surface area (Å²) in [6.45, 7) is 2.26. The summed E-state index contributed by atoms with van der Waals surface area (Å²) in [5.41, 5.74) is 1.36. The summed E-state index contributed by atoms with van der Waals surface area (Å²) in [5, 5.41) is 11.2. The lowest BCUT2D eigenvalue weighted by atomic mass is 9.82. The Kier molecular flexibility index (Phi) is 4.72. The van der Waals surface area contributed by atoms with E-state index in [1.165, 1.54) is 12.8 Å². The van der Waals surface area contributed by atoms with Gasteiger partial charge in [-0.25, -0.2) is 0 Å². The first-order valence-electron chi connectivity index (χ1n) is 7.04. The van der Waals surface area contributed by atoms with Crippen molar-refractivity contribution in [3.63, 3.8) is 0 Å². The van der Waals surface area contributed by atoms with Gasteiger partial charge in [-0.2, -0.15) is 0 Å². The second kappa shape index (κ2) is 6.50. The molecule has 0 heterocycles. The van der Waals surface area contributed by atoms with Gasteiger partial charge in [0.2, 0.25) is 5.70 Å². The molecule has 0 aromatic heterocycles. The second-order valence-electron chi connectivity index (χ2n) is 5.60. The van der Waals surface area contributed by atoms with E-state index in [4.69, 9.17) is 0 Å². The predicted octanol–water partition coefficient (Wildman–Crippen LogP) is 4.22. The third kappa shape index (κ3) is 4.19. The van der Waals surface area contributed by atoms with Gasteiger partial charge >= 0.3 is 0 Å². The third-order valence-corrected chi connectivity index (χ3v) is 3.95. The predicted molar refractivity (Wildman–Crippen MR) is 76.3 cm³/mol. The van der Waals surface area contributed by atoms with E-state index in [0.29, 0.717) is 18.0 Å². The number of nitro groups is 1. The van der Waals surface area contributed by atoms with Crippen molar-refractivity contribution in [3.05, 3.63) is 57.8 Å².